The van der Waals surface area contributed by atoms with Crippen LogP contribution in [0.1, 0.15) is 6.92 Å². The maximum atomic E-state index is 10.8. The maximum Gasteiger partial charge on any atom is 0.326 e. The van der Waals surface area contributed by atoms with Crippen molar-refractivity contribution in [3.8, 4) is 0 Å². The van der Waals surface area contributed by atoms with Crippen LogP contribution < -0.4 is 0 Å². The second kappa shape index (κ2) is 3.75. The number of likely N-dealkylation sites (N-methyl/N-ethyl adjacent to an activating group) is 1. The highest BCUT2D eigenvalue weighted by Crippen LogP contribution is 1.95. The Labute approximate surface area is 65.1 Å². The Morgan fingerprint density at radius 1 is 1.64 bits per heavy atom. The van der Waals surface area contributed by atoms with E-state index in [4.69, 9.17) is 5.11 Å². The third kappa shape index (κ3) is 2.41. The van der Waals surface area contributed by atoms with E-state index in [2.05, 4.69) is 6.58 Å². The monoisotopic (exact) mass is 157 g/mol. The molecule has 62 valence electrons. The molecule has 1 N–H and O–H groups in total. The van der Waals surface area contributed by atoms with E-state index >= 15 is 0 Å². The smallest absolute Gasteiger partial charge is 0.326 e. The average Bonchev–Trinajstić information content (AvgIpc) is 2.00. The van der Waals surface area contributed by atoms with Gasteiger partial charge in [0.25, 0.3) is 0 Å². The predicted octanol–water partition coefficient (Wildman–Crippen LogP) is 0.104. The first kappa shape index (κ1) is 9.68. The lowest BCUT2D eigenvalue weighted by molar-refractivity contribution is -0.146. The Bertz CT molecular complexity index is 188. The molecule has 0 aliphatic rings. The van der Waals surface area contributed by atoms with Crippen molar-refractivity contribution in [2.75, 3.05) is 7.05 Å². The molecule has 11 heavy (non-hydrogen) atoms. The summed E-state index contributed by atoms with van der Waals surface area (Å²) in [5, 5.41) is 8.47. The van der Waals surface area contributed by atoms with Gasteiger partial charge in [0.15, 0.2) is 0 Å². The molecule has 0 aromatic heterocycles. The molecule has 0 heterocycles. The van der Waals surface area contributed by atoms with Gasteiger partial charge in [-0.2, -0.15) is 0 Å². The molecule has 4 nitrogen and oxygen atoms in total. The standard InChI is InChI=1S/C7H11NO3/c1-4-6(9)8(3)5(2)7(10)11/h4-5H,1H2,2-3H3,(H,10,11)/t5-/m0/s1. The average molecular weight is 157 g/mol. The number of carboxylic acids is 1. The van der Waals surface area contributed by atoms with Crippen LogP contribution in [0.15, 0.2) is 12.7 Å². The number of carbonyl (C=O) groups is 2. The van der Waals surface area contributed by atoms with Gasteiger partial charge in [0, 0.05) is 7.05 Å². The molecule has 0 saturated heterocycles. The molecular formula is C7H11NO3. The van der Waals surface area contributed by atoms with Crippen LogP contribution in [0.4, 0.5) is 0 Å². The quantitative estimate of drug-likeness (QED) is 0.591. The summed E-state index contributed by atoms with van der Waals surface area (Å²) in [6.07, 6.45) is 1.08. The van der Waals surface area contributed by atoms with Crippen LogP contribution in [0.3, 0.4) is 0 Å². The first-order valence-electron chi connectivity index (χ1n) is 3.12. The van der Waals surface area contributed by atoms with Crippen molar-refractivity contribution >= 4 is 11.9 Å². The number of carbonyl (C=O) groups excluding carboxylic acids is 1. The summed E-state index contributed by atoms with van der Waals surface area (Å²) in [6.45, 7) is 4.67. The molecule has 0 bridgehead atoms. The van der Waals surface area contributed by atoms with Crippen LogP contribution >= 0.6 is 0 Å². The third-order valence-electron chi connectivity index (χ3n) is 1.46. The van der Waals surface area contributed by atoms with Gasteiger partial charge in [0.05, 0.1) is 0 Å². The fraction of sp³-hybridized carbons (Fsp3) is 0.429. The zero-order valence-corrected chi connectivity index (χ0v) is 6.57. The summed E-state index contributed by atoms with van der Waals surface area (Å²) < 4.78 is 0. The van der Waals surface area contributed by atoms with Crippen molar-refractivity contribution < 1.29 is 14.7 Å². The van der Waals surface area contributed by atoms with Crippen LogP contribution in [-0.4, -0.2) is 35.0 Å². The number of amides is 1. The topological polar surface area (TPSA) is 57.6 Å². The minimum atomic E-state index is -1.03. The number of nitrogens with zero attached hydrogens (tertiary/aromatic N) is 1. The molecule has 1 atom stereocenters. The number of hydrogen-bond acceptors (Lipinski definition) is 2. The van der Waals surface area contributed by atoms with Gasteiger partial charge in [-0.1, -0.05) is 6.58 Å². The lowest BCUT2D eigenvalue weighted by Crippen LogP contribution is -2.39. The molecule has 0 radical (unpaired) electrons. The third-order valence-corrected chi connectivity index (χ3v) is 1.46. The van der Waals surface area contributed by atoms with Crippen LogP contribution in [0.5, 0.6) is 0 Å². The van der Waals surface area contributed by atoms with Crippen molar-refractivity contribution in [2.24, 2.45) is 0 Å². The van der Waals surface area contributed by atoms with E-state index in [1.807, 2.05) is 0 Å². The van der Waals surface area contributed by atoms with Gasteiger partial charge < -0.3 is 10.0 Å². The van der Waals surface area contributed by atoms with E-state index in [1.165, 1.54) is 14.0 Å². The molecule has 0 aromatic rings. The van der Waals surface area contributed by atoms with Crippen molar-refractivity contribution in [1.82, 2.24) is 4.90 Å². The van der Waals surface area contributed by atoms with E-state index in [-0.39, 0.29) is 5.91 Å². The van der Waals surface area contributed by atoms with Crippen molar-refractivity contribution in [2.45, 2.75) is 13.0 Å². The molecule has 0 fully saturated rings. The molecular weight excluding hydrogens is 146 g/mol. The highest BCUT2D eigenvalue weighted by atomic mass is 16.4. The van der Waals surface area contributed by atoms with Gasteiger partial charge in [-0.3, -0.25) is 4.79 Å². The molecule has 0 aromatic carbocycles. The summed E-state index contributed by atoms with van der Waals surface area (Å²) in [5.41, 5.74) is 0. The van der Waals surface area contributed by atoms with Crippen LogP contribution in [0.2, 0.25) is 0 Å². The van der Waals surface area contributed by atoms with E-state index in [0.717, 1.165) is 11.0 Å². The molecule has 0 unspecified atom stereocenters. The van der Waals surface area contributed by atoms with Gasteiger partial charge in [0.1, 0.15) is 6.04 Å². The molecule has 0 aliphatic heterocycles. The maximum absolute atomic E-state index is 10.8. The molecule has 0 aliphatic carbocycles. The van der Waals surface area contributed by atoms with Crippen LogP contribution in [0, 0.1) is 0 Å². The molecule has 1 amide bonds. The fourth-order valence-corrected chi connectivity index (χ4v) is 0.501. The lowest BCUT2D eigenvalue weighted by Gasteiger charge is -2.19. The van der Waals surface area contributed by atoms with E-state index < -0.39 is 12.0 Å². The summed E-state index contributed by atoms with van der Waals surface area (Å²) in [7, 11) is 1.42. The number of aliphatic carboxylic acids is 1. The Balaban J connectivity index is 4.23. The second-order valence-corrected chi connectivity index (χ2v) is 2.17. The normalized spacial score (nSPS) is 11.8. The van der Waals surface area contributed by atoms with Crippen molar-refractivity contribution in [1.29, 1.82) is 0 Å². The molecule has 0 rings (SSSR count). The summed E-state index contributed by atoms with van der Waals surface area (Å²) in [5.74, 6) is -1.41. The lowest BCUT2D eigenvalue weighted by atomic mass is 10.3. The van der Waals surface area contributed by atoms with Crippen molar-refractivity contribution in [3.63, 3.8) is 0 Å². The number of rotatable bonds is 3. The first-order valence-corrected chi connectivity index (χ1v) is 3.12. The highest BCUT2D eigenvalue weighted by molar-refractivity contribution is 5.90. The molecule has 4 heteroatoms. The Kier molecular flexibility index (Phi) is 3.30. The number of hydrogen-bond donors (Lipinski definition) is 1. The Morgan fingerprint density at radius 3 is 2.36 bits per heavy atom. The van der Waals surface area contributed by atoms with Crippen LogP contribution in [-0.2, 0) is 9.59 Å². The van der Waals surface area contributed by atoms with Crippen molar-refractivity contribution in [3.05, 3.63) is 12.7 Å². The Morgan fingerprint density at radius 2 is 2.09 bits per heavy atom. The van der Waals surface area contributed by atoms with Gasteiger partial charge in [-0.25, -0.2) is 4.79 Å². The van der Waals surface area contributed by atoms with Gasteiger partial charge in [0.2, 0.25) is 5.91 Å². The summed E-state index contributed by atoms with van der Waals surface area (Å²) in [6, 6.07) is -0.805. The van der Waals surface area contributed by atoms with E-state index in [1.54, 1.807) is 0 Å². The second-order valence-electron chi connectivity index (χ2n) is 2.17. The first-order chi connectivity index (χ1) is 5.00. The van der Waals surface area contributed by atoms with Gasteiger partial charge in [-0.05, 0) is 13.0 Å². The SMILES string of the molecule is C=CC(=O)N(C)[C@@H](C)C(=O)O. The minimum absolute atomic E-state index is 0.389. The fourth-order valence-electron chi connectivity index (χ4n) is 0.501. The minimum Gasteiger partial charge on any atom is -0.480 e. The van der Waals surface area contributed by atoms with Crippen LogP contribution in [0.25, 0.3) is 0 Å². The van der Waals surface area contributed by atoms with E-state index in [0.29, 0.717) is 0 Å². The summed E-state index contributed by atoms with van der Waals surface area (Å²) >= 11 is 0. The zero-order valence-electron chi connectivity index (χ0n) is 6.57. The zero-order chi connectivity index (χ0) is 9.02. The van der Waals surface area contributed by atoms with Gasteiger partial charge >= 0.3 is 5.97 Å². The number of carboxylic acid groups (broad SMARTS) is 1. The predicted molar refractivity (Wildman–Crippen MR) is 40.1 cm³/mol. The largest absolute Gasteiger partial charge is 0.480 e. The van der Waals surface area contributed by atoms with Gasteiger partial charge in [-0.15, -0.1) is 0 Å². The highest BCUT2D eigenvalue weighted by Gasteiger charge is 2.18. The van der Waals surface area contributed by atoms with E-state index in [9.17, 15) is 9.59 Å². The summed E-state index contributed by atoms with van der Waals surface area (Å²) in [4.78, 5) is 22.2. The Hall–Kier alpha value is -1.32. The molecule has 0 spiro atoms. The molecule has 0 saturated carbocycles.